The van der Waals surface area contributed by atoms with E-state index in [0.717, 1.165) is 24.1 Å². The van der Waals surface area contributed by atoms with E-state index in [9.17, 15) is 18.0 Å². The molecule has 1 aromatic heterocycles. The van der Waals surface area contributed by atoms with Crippen molar-refractivity contribution >= 4 is 5.91 Å². The molecule has 1 saturated heterocycles. The Morgan fingerprint density at radius 1 is 1.22 bits per heavy atom. The molecular formula is C19H21F3N4O. The highest BCUT2D eigenvalue weighted by molar-refractivity contribution is 5.77. The van der Waals surface area contributed by atoms with Crippen molar-refractivity contribution in [2.24, 2.45) is 0 Å². The summed E-state index contributed by atoms with van der Waals surface area (Å²) >= 11 is 0. The van der Waals surface area contributed by atoms with Crippen LogP contribution in [0.15, 0.2) is 30.5 Å². The monoisotopic (exact) mass is 378 g/mol. The number of benzene rings is 1. The molecule has 144 valence electrons. The van der Waals surface area contributed by atoms with Gasteiger partial charge in [0.15, 0.2) is 0 Å². The quantitative estimate of drug-likeness (QED) is 0.839. The molecule has 2 aromatic rings. The van der Waals surface area contributed by atoms with E-state index in [1.54, 1.807) is 30.5 Å². The number of H-pyrrole nitrogens is 1. The molecule has 1 saturated carbocycles. The van der Waals surface area contributed by atoms with Crippen molar-refractivity contribution in [1.82, 2.24) is 20.3 Å². The van der Waals surface area contributed by atoms with E-state index < -0.39 is 11.6 Å². The molecule has 2 heterocycles. The maximum absolute atomic E-state index is 13.2. The highest BCUT2D eigenvalue weighted by Crippen LogP contribution is 2.58. The largest absolute Gasteiger partial charge is 0.398 e. The van der Waals surface area contributed by atoms with Gasteiger partial charge in [-0.25, -0.2) is 0 Å². The molecule has 2 fully saturated rings. The number of nitrogens with one attached hydrogen (secondary N) is 1. The van der Waals surface area contributed by atoms with Crippen molar-refractivity contribution in [3.8, 4) is 0 Å². The van der Waals surface area contributed by atoms with E-state index in [0.29, 0.717) is 25.1 Å². The molecule has 1 aromatic carbocycles. The lowest BCUT2D eigenvalue weighted by Crippen LogP contribution is -2.48. The number of hydrogen-bond acceptors (Lipinski definition) is 3. The van der Waals surface area contributed by atoms with Crippen LogP contribution in [0.25, 0.3) is 0 Å². The Labute approximate surface area is 154 Å². The summed E-state index contributed by atoms with van der Waals surface area (Å²) in [6.45, 7) is 1.27. The molecule has 8 heteroatoms. The lowest BCUT2D eigenvalue weighted by Gasteiger charge is -2.40. The van der Waals surface area contributed by atoms with E-state index in [1.807, 2.05) is 4.90 Å². The van der Waals surface area contributed by atoms with Gasteiger partial charge >= 0.3 is 6.18 Å². The minimum atomic E-state index is -4.18. The van der Waals surface area contributed by atoms with Crippen LogP contribution >= 0.6 is 0 Å². The molecule has 1 N–H and O–H groups in total. The van der Waals surface area contributed by atoms with E-state index in [4.69, 9.17) is 0 Å². The van der Waals surface area contributed by atoms with Gasteiger partial charge in [0.25, 0.3) is 0 Å². The summed E-state index contributed by atoms with van der Waals surface area (Å²) in [6, 6.07) is 6.80. The van der Waals surface area contributed by atoms with Gasteiger partial charge in [0.2, 0.25) is 5.91 Å². The topological polar surface area (TPSA) is 61.9 Å². The number of carbonyl (C=O) groups excluding carboxylic acids is 1. The lowest BCUT2D eigenvalue weighted by molar-refractivity contribution is -0.160. The van der Waals surface area contributed by atoms with Crippen molar-refractivity contribution in [2.45, 2.75) is 49.6 Å². The van der Waals surface area contributed by atoms with Crippen molar-refractivity contribution in [3.05, 3.63) is 47.3 Å². The van der Waals surface area contributed by atoms with Crippen LogP contribution in [0.1, 0.15) is 48.4 Å². The van der Waals surface area contributed by atoms with Crippen LogP contribution in [-0.4, -0.2) is 45.5 Å². The van der Waals surface area contributed by atoms with Crippen LogP contribution in [0.4, 0.5) is 13.2 Å². The molecule has 0 bridgehead atoms. The zero-order chi connectivity index (χ0) is 19.1. The van der Waals surface area contributed by atoms with E-state index in [-0.39, 0.29) is 24.7 Å². The van der Waals surface area contributed by atoms with Crippen LogP contribution in [0.3, 0.4) is 0 Å². The third-order valence-corrected chi connectivity index (χ3v) is 5.76. The second-order valence-electron chi connectivity index (χ2n) is 7.53. The fourth-order valence-electron chi connectivity index (χ4n) is 3.76. The molecule has 5 nitrogen and oxygen atoms in total. The highest BCUT2D eigenvalue weighted by atomic mass is 19.4. The number of nitrogens with zero attached hydrogens (tertiary/aromatic N) is 3. The van der Waals surface area contributed by atoms with Crippen LogP contribution in [0.5, 0.6) is 0 Å². The Morgan fingerprint density at radius 2 is 1.93 bits per heavy atom. The van der Waals surface area contributed by atoms with Gasteiger partial charge in [-0.05, 0) is 36.8 Å². The molecule has 0 unspecified atom stereocenters. The van der Waals surface area contributed by atoms with Crippen LogP contribution < -0.4 is 0 Å². The zero-order valence-electron chi connectivity index (χ0n) is 14.8. The molecule has 27 heavy (non-hydrogen) atoms. The van der Waals surface area contributed by atoms with Crippen molar-refractivity contribution < 1.29 is 18.0 Å². The van der Waals surface area contributed by atoms with Gasteiger partial charge in [-0.1, -0.05) is 29.5 Å². The number of alkyl halides is 3. The maximum atomic E-state index is 13.2. The molecule has 1 aliphatic carbocycles. The number of rotatable bonds is 6. The zero-order valence-corrected chi connectivity index (χ0v) is 14.8. The number of aromatic amines is 1. The number of aryl methyl sites for hydroxylation is 1. The summed E-state index contributed by atoms with van der Waals surface area (Å²) < 4.78 is 39.6. The van der Waals surface area contributed by atoms with Gasteiger partial charge in [0, 0.05) is 25.4 Å². The molecule has 4 rings (SSSR count). The highest BCUT2D eigenvalue weighted by Gasteiger charge is 2.64. The van der Waals surface area contributed by atoms with Crippen molar-refractivity contribution in [1.29, 1.82) is 0 Å². The number of halogens is 3. The number of hydrogen-bond donors (Lipinski definition) is 1. The Kier molecular flexibility index (Phi) is 4.44. The predicted octanol–water partition coefficient (Wildman–Crippen LogP) is 3.35. The SMILES string of the molecule is O=C(CCCc1cnn[nH]1)N1CC(c2ccc(C3(C(F)(F)F)CC3)cc2)C1. The third kappa shape index (κ3) is 3.44. The second kappa shape index (κ2) is 6.65. The number of amides is 1. The number of carbonyl (C=O) groups is 1. The Hall–Kier alpha value is -2.38. The summed E-state index contributed by atoms with van der Waals surface area (Å²) in [5.41, 5.74) is 0.650. The van der Waals surface area contributed by atoms with Crippen molar-refractivity contribution in [3.63, 3.8) is 0 Å². The molecule has 2 aliphatic rings. The van der Waals surface area contributed by atoms with E-state index >= 15 is 0 Å². The molecule has 0 spiro atoms. The average Bonchev–Trinajstić information content (AvgIpc) is 3.26. The summed E-state index contributed by atoms with van der Waals surface area (Å²) in [6.07, 6.45) is -0.236. The average molecular weight is 378 g/mol. The molecule has 1 amide bonds. The fourth-order valence-corrected chi connectivity index (χ4v) is 3.76. The predicted molar refractivity (Wildman–Crippen MR) is 92.1 cm³/mol. The lowest BCUT2D eigenvalue weighted by atomic mass is 9.88. The first-order valence-electron chi connectivity index (χ1n) is 9.19. The van der Waals surface area contributed by atoms with E-state index in [1.165, 1.54) is 0 Å². The third-order valence-electron chi connectivity index (χ3n) is 5.76. The number of likely N-dealkylation sites (tertiary alicyclic amines) is 1. The van der Waals surface area contributed by atoms with E-state index in [2.05, 4.69) is 15.4 Å². The first kappa shape index (κ1) is 18.0. The van der Waals surface area contributed by atoms with Gasteiger partial charge in [-0.15, -0.1) is 5.10 Å². The Balaban J connectivity index is 1.26. The van der Waals surface area contributed by atoms with Crippen molar-refractivity contribution in [2.75, 3.05) is 13.1 Å². The van der Waals surface area contributed by atoms with Gasteiger partial charge in [-0.3, -0.25) is 9.89 Å². The van der Waals surface area contributed by atoms with Crippen LogP contribution in [0.2, 0.25) is 0 Å². The molecule has 0 atom stereocenters. The summed E-state index contributed by atoms with van der Waals surface area (Å²) in [7, 11) is 0. The standard InChI is InChI=1S/C19H21F3N4O/c20-19(21,22)18(8-9-18)15-6-4-13(5-7-15)14-11-26(12-14)17(27)3-1-2-16-10-23-25-24-16/h4-7,10,14H,1-3,8-9,11-12H2,(H,23,24,25). The minimum Gasteiger partial charge on any atom is -0.341 e. The first-order chi connectivity index (χ1) is 12.9. The molecular weight excluding hydrogens is 357 g/mol. The summed E-state index contributed by atoms with van der Waals surface area (Å²) in [5, 5.41) is 10.1. The summed E-state index contributed by atoms with van der Waals surface area (Å²) in [5.74, 6) is 0.324. The van der Waals surface area contributed by atoms with Gasteiger partial charge in [0.1, 0.15) is 0 Å². The first-order valence-corrected chi connectivity index (χ1v) is 9.19. The number of aromatic nitrogens is 3. The molecule has 0 radical (unpaired) electrons. The minimum absolute atomic E-state index is 0.115. The van der Waals surface area contributed by atoms with Gasteiger partial charge < -0.3 is 4.90 Å². The normalized spacial score (nSPS) is 19.0. The van der Waals surface area contributed by atoms with Crippen LogP contribution in [-0.2, 0) is 16.6 Å². The fraction of sp³-hybridized carbons (Fsp3) is 0.526. The summed E-state index contributed by atoms with van der Waals surface area (Å²) in [4.78, 5) is 14.0. The maximum Gasteiger partial charge on any atom is 0.398 e. The van der Waals surface area contributed by atoms with Crippen LogP contribution in [0, 0.1) is 0 Å². The Bertz CT molecular complexity index is 791. The van der Waals surface area contributed by atoms with Gasteiger partial charge in [-0.2, -0.15) is 13.2 Å². The second-order valence-corrected chi connectivity index (χ2v) is 7.53. The Morgan fingerprint density at radius 3 is 2.48 bits per heavy atom. The smallest absolute Gasteiger partial charge is 0.341 e. The van der Waals surface area contributed by atoms with Gasteiger partial charge in [0.05, 0.1) is 17.3 Å². The molecule has 1 aliphatic heterocycles.